The summed E-state index contributed by atoms with van der Waals surface area (Å²) >= 11 is 1.73. The summed E-state index contributed by atoms with van der Waals surface area (Å²) < 4.78 is 5.11. The smallest absolute Gasteiger partial charge is 0.129 e. The number of ether oxygens (including phenoxy) is 1. The lowest BCUT2D eigenvalue weighted by atomic mass is 10.4. The van der Waals surface area contributed by atoms with E-state index >= 15 is 0 Å². The molecule has 0 aliphatic carbocycles. The molecule has 0 aliphatic heterocycles. The van der Waals surface area contributed by atoms with Gasteiger partial charge in [0.05, 0.1) is 7.11 Å². The average Bonchev–Trinajstić information content (AvgIpc) is 2.65. The Morgan fingerprint density at radius 3 is 2.79 bits per heavy atom. The van der Waals surface area contributed by atoms with E-state index < -0.39 is 0 Å². The normalized spacial score (nSPS) is 10.4. The Morgan fingerprint density at radius 2 is 2.14 bits per heavy atom. The first-order valence-corrected chi connectivity index (χ1v) is 5.77. The highest BCUT2D eigenvalue weighted by molar-refractivity contribution is 7.10. The molecule has 1 rings (SSSR count). The van der Waals surface area contributed by atoms with Gasteiger partial charge in [-0.2, -0.15) is 0 Å². The van der Waals surface area contributed by atoms with Crippen LogP contribution in [0.2, 0.25) is 0 Å². The van der Waals surface area contributed by atoms with Crippen LogP contribution in [0.25, 0.3) is 0 Å². The SMILES string of the molecule is CCNCCNCc1cc(OC)cs1. The van der Waals surface area contributed by atoms with Crippen molar-refractivity contribution in [1.29, 1.82) is 0 Å². The van der Waals surface area contributed by atoms with Crippen LogP contribution in [0.1, 0.15) is 11.8 Å². The summed E-state index contributed by atoms with van der Waals surface area (Å²) in [6, 6.07) is 2.07. The first-order valence-electron chi connectivity index (χ1n) is 4.89. The van der Waals surface area contributed by atoms with E-state index in [1.165, 1.54) is 4.88 Å². The largest absolute Gasteiger partial charge is 0.496 e. The predicted octanol–water partition coefficient (Wildman–Crippen LogP) is 1.46. The first kappa shape index (κ1) is 11.5. The van der Waals surface area contributed by atoms with Crippen molar-refractivity contribution in [3.63, 3.8) is 0 Å². The van der Waals surface area contributed by atoms with Crippen molar-refractivity contribution in [3.05, 3.63) is 16.3 Å². The van der Waals surface area contributed by atoms with Crippen LogP contribution in [-0.4, -0.2) is 26.7 Å². The van der Waals surface area contributed by atoms with Gasteiger partial charge in [0.25, 0.3) is 0 Å². The van der Waals surface area contributed by atoms with Gasteiger partial charge in [-0.3, -0.25) is 0 Å². The number of hydrogen-bond donors (Lipinski definition) is 2. The molecule has 2 N–H and O–H groups in total. The van der Waals surface area contributed by atoms with Crippen LogP contribution in [0, 0.1) is 0 Å². The van der Waals surface area contributed by atoms with Crippen molar-refractivity contribution < 1.29 is 4.74 Å². The first-order chi connectivity index (χ1) is 6.86. The summed E-state index contributed by atoms with van der Waals surface area (Å²) in [4.78, 5) is 1.32. The number of rotatable bonds is 7. The lowest BCUT2D eigenvalue weighted by Crippen LogP contribution is -2.26. The van der Waals surface area contributed by atoms with Gasteiger partial charge in [0.15, 0.2) is 0 Å². The standard InChI is InChI=1S/C10H18N2OS/c1-3-11-4-5-12-7-10-6-9(13-2)8-14-10/h6,8,11-12H,3-5,7H2,1-2H3. The summed E-state index contributed by atoms with van der Waals surface area (Å²) in [6.07, 6.45) is 0. The lowest BCUT2D eigenvalue weighted by Gasteiger charge is -2.02. The van der Waals surface area contributed by atoms with E-state index in [4.69, 9.17) is 4.74 Å². The molecule has 1 aromatic heterocycles. The lowest BCUT2D eigenvalue weighted by molar-refractivity contribution is 0.416. The second-order valence-corrected chi connectivity index (χ2v) is 3.98. The Bertz CT molecular complexity index is 250. The topological polar surface area (TPSA) is 33.3 Å². The molecule has 0 saturated carbocycles. The molecular weight excluding hydrogens is 196 g/mol. The molecule has 80 valence electrons. The van der Waals surface area contributed by atoms with Gasteiger partial charge in [-0.1, -0.05) is 6.92 Å². The molecule has 0 aliphatic rings. The molecule has 3 nitrogen and oxygen atoms in total. The summed E-state index contributed by atoms with van der Waals surface area (Å²) in [5, 5.41) is 8.66. The van der Waals surface area contributed by atoms with E-state index in [9.17, 15) is 0 Å². The van der Waals surface area contributed by atoms with Gasteiger partial charge in [-0.25, -0.2) is 0 Å². The maximum absolute atomic E-state index is 5.11. The third-order valence-corrected chi connectivity index (χ3v) is 2.81. The Labute approximate surface area is 89.5 Å². The highest BCUT2D eigenvalue weighted by atomic mass is 32.1. The maximum atomic E-state index is 5.11. The minimum absolute atomic E-state index is 0.930. The summed E-state index contributed by atoms with van der Waals surface area (Å²) in [7, 11) is 1.70. The van der Waals surface area contributed by atoms with Gasteiger partial charge in [-0.05, 0) is 12.6 Å². The molecule has 0 amide bonds. The van der Waals surface area contributed by atoms with E-state index in [1.807, 2.05) is 5.38 Å². The minimum Gasteiger partial charge on any atom is -0.496 e. The minimum atomic E-state index is 0.930. The zero-order chi connectivity index (χ0) is 10.2. The highest BCUT2D eigenvalue weighted by Crippen LogP contribution is 2.20. The number of thiophene rings is 1. The number of methoxy groups -OCH3 is 1. The van der Waals surface area contributed by atoms with Crippen molar-refractivity contribution in [2.24, 2.45) is 0 Å². The molecule has 14 heavy (non-hydrogen) atoms. The van der Waals surface area contributed by atoms with E-state index in [2.05, 4.69) is 23.6 Å². The average molecular weight is 214 g/mol. The van der Waals surface area contributed by atoms with Crippen molar-refractivity contribution in [2.45, 2.75) is 13.5 Å². The second kappa shape index (κ2) is 6.81. The fraction of sp³-hybridized carbons (Fsp3) is 0.600. The molecule has 0 spiro atoms. The molecule has 0 unspecified atom stereocenters. The maximum Gasteiger partial charge on any atom is 0.129 e. The zero-order valence-corrected chi connectivity index (χ0v) is 9.62. The molecule has 0 fully saturated rings. The van der Waals surface area contributed by atoms with Crippen molar-refractivity contribution in [2.75, 3.05) is 26.7 Å². The highest BCUT2D eigenvalue weighted by Gasteiger charge is 1.98. The van der Waals surface area contributed by atoms with Crippen LogP contribution in [0.3, 0.4) is 0 Å². The van der Waals surface area contributed by atoms with Gasteiger partial charge < -0.3 is 15.4 Å². The molecule has 0 atom stereocenters. The van der Waals surface area contributed by atoms with Crippen molar-refractivity contribution in [1.82, 2.24) is 10.6 Å². The predicted molar refractivity (Wildman–Crippen MR) is 61.1 cm³/mol. The fourth-order valence-corrected chi connectivity index (χ4v) is 1.93. The summed E-state index contributed by atoms with van der Waals surface area (Å²) in [6.45, 7) is 6.12. The molecule has 0 bridgehead atoms. The third kappa shape index (κ3) is 4.09. The Hall–Kier alpha value is -0.580. The number of hydrogen-bond acceptors (Lipinski definition) is 4. The van der Waals surface area contributed by atoms with Gasteiger partial charge in [-0.15, -0.1) is 11.3 Å². The summed E-state index contributed by atoms with van der Waals surface area (Å²) in [5.41, 5.74) is 0. The van der Waals surface area contributed by atoms with Gasteiger partial charge >= 0.3 is 0 Å². The molecule has 0 radical (unpaired) electrons. The van der Waals surface area contributed by atoms with Crippen LogP contribution in [0.15, 0.2) is 11.4 Å². The quantitative estimate of drug-likeness (QED) is 0.674. The fourth-order valence-electron chi connectivity index (χ4n) is 1.13. The van der Waals surface area contributed by atoms with Crippen LogP contribution in [0.5, 0.6) is 5.75 Å². The molecular formula is C10H18N2OS. The monoisotopic (exact) mass is 214 g/mol. The molecule has 1 heterocycles. The second-order valence-electron chi connectivity index (χ2n) is 2.98. The Morgan fingerprint density at radius 1 is 1.36 bits per heavy atom. The van der Waals surface area contributed by atoms with Crippen molar-refractivity contribution >= 4 is 11.3 Å². The molecule has 1 aromatic rings. The molecule has 0 saturated heterocycles. The van der Waals surface area contributed by atoms with Crippen LogP contribution >= 0.6 is 11.3 Å². The third-order valence-electron chi connectivity index (χ3n) is 1.89. The summed E-state index contributed by atoms with van der Waals surface area (Å²) in [5.74, 6) is 0.957. The number of nitrogens with one attached hydrogen (secondary N) is 2. The van der Waals surface area contributed by atoms with Gasteiger partial charge in [0.2, 0.25) is 0 Å². The molecule has 4 heteroatoms. The van der Waals surface area contributed by atoms with Gasteiger partial charge in [0, 0.05) is 29.9 Å². The van der Waals surface area contributed by atoms with Crippen LogP contribution < -0.4 is 15.4 Å². The Balaban J connectivity index is 2.12. The molecule has 0 aromatic carbocycles. The van der Waals surface area contributed by atoms with E-state index in [1.54, 1.807) is 18.4 Å². The van der Waals surface area contributed by atoms with Crippen LogP contribution in [0.4, 0.5) is 0 Å². The van der Waals surface area contributed by atoms with Crippen LogP contribution in [-0.2, 0) is 6.54 Å². The van der Waals surface area contributed by atoms with E-state index in [0.29, 0.717) is 0 Å². The van der Waals surface area contributed by atoms with E-state index in [-0.39, 0.29) is 0 Å². The van der Waals surface area contributed by atoms with E-state index in [0.717, 1.165) is 31.9 Å². The zero-order valence-electron chi connectivity index (χ0n) is 8.80. The van der Waals surface area contributed by atoms with Gasteiger partial charge in [0.1, 0.15) is 5.75 Å². The van der Waals surface area contributed by atoms with Crippen molar-refractivity contribution in [3.8, 4) is 5.75 Å². The Kier molecular flexibility index (Phi) is 5.59. The number of likely N-dealkylation sites (N-methyl/N-ethyl adjacent to an activating group) is 1.